The van der Waals surface area contributed by atoms with Gasteiger partial charge in [-0.15, -0.1) is 0 Å². The van der Waals surface area contributed by atoms with Gasteiger partial charge in [0.05, 0.1) is 43.2 Å². The van der Waals surface area contributed by atoms with Crippen LogP contribution in [0, 0.1) is 0 Å². The highest BCUT2D eigenvalue weighted by molar-refractivity contribution is 7.91. The molecule has 1 aliphatic heterocycles. The van der Waals surface area contributed by atoms with Crippen molar-refractivity contribution in [3.8, 4) is 11.5 Å². The molecule has 0 saturated carbocycles. The summed E-state index contributed by atoms with van der Waals surface area (Å²) in [4.78, 5) is 39.4. The van der Waals surface area contributed by atoms with E-state index in [4.69, 9.17) is 18.6 Å². The van der Waals surface area contributed by atoms with Crippen molar-refractivity contribution in [1.29, 1.82) is 0 Å². The second-order valence-electron chi connectivity index (χ2n) is 7.50. The molecular weight excluding hydrogens is 468 g/mol. The zero-order valence-corrected chi connectivity index (χ0v) is 19.8. The Labute approximate surface area is 196 Å². The maximum atomic E-state index is 12.9. The van der Waals surface area contributed by atoms with Crippen molar-refractivity contribution < 1.29 is 41.4 Å². The van der Waals surface area contributed by atoms with Gasteiger partial charge in [0.25, 0.3) is 11.8 Å². The number of carbonyl (C=O) groups is 3. The fourth-order valence-electron chi connectivity index (χ4n) is 3.69. The van der Waals surface area contributed by atoms with E-state index in [0.29, 0.717) is 6.42 Å². The smallest absolute Gasteiger partial charge is 0.340 e. The van der Waals surface area contributed by atoms with Crippen molar-refractivity contribution in [3.05, 3.63) is 41.9 Å². The molecule has 0 aliphatic carbocycles. The van der Waals surface area contributed by atoms with E-state index in [1.807, 2.05) is 0 Å². The number of amides is 2. The van der Waals surface area contributed by atoms with Crippen LogP contribution in [0.2, 0.25) is 0 Å². The molecule has 0 bridgehead atoms. The van der Waals surface area contributed by atoms with Crippen molar-refractivity contribution in [2.24, 2.45) is 0 Å². The lowest BCUT2D eigenvalue weighted by atomic mass is 10.1. The number of methoxy groups -OCH3 is 2. The van der Waals surface area contributed by atoms with E-state index in [2.05, 4.69) is 5.32 Å². The molecule has 1 atom stereocenters. The molecule has 0 spiro atoms. The zero-order chi connectivity index (χ0) is 24.9. The highest BCUT2D eigenvalue weighted by atomic mass is 32.2. The van der Waals surface area contributed by atoms with E-state index >= 15 is 0 Å². The molecule has 2 aromatic rings. The van der Waals surface area contributed by atoms with Crippen LogP contribution in [-0.2, 0) is 19.4 Å². The summed E-state index contributed by atoms with van der Waals surface area (Å²) in [5, 5.41) is 2.56. The third-order valence-corrected chi connectivity index (χ3v) is 7.12. The molecule has 0 radical (unpaired) electrons. The average molecular weight is 495 g/mol. The molecule has 184 valence electrons. The number of sulfone groups is 1. The van der Waals surface area contributed by atoms with Gasteiger partial charge in [0.1, 0.15) is 0 Å². The maximum Gasteiger partial charge on any atom is 0.340 e. The first-order chi connectivity index (χ1) is 16.2. The van der Waals surface area contributed by atoms with Crippen LogP contribution >= 0.6 is 0 Å². The summed E-state index contributed by atoms with van der Waals surface area (Å²) in [6.45, 7) is 1.40. The Balaban J connectivity index is 1.78. The topological polar surface area (TPSA) is 141 Å². The zero-order valence-electron chi connectivity index (χ0n) is 19.0. The van der Waals surface area contributed by atoms with Crippen LogP contribution in [0.1, 0.15) is 34.3 Å². The number of hydrogen-bond donors (Lipinski definition) is 1. The number of benzene rings is 1. The minimum atomic E-state index is -3.18. The highest BCUT2D eigenvalue weighted by Crippen LogP contribution is 2.34. The summed E-state index contributed by atoms with van der Waals surface area (Å²) in [6.07, 6.45) is 1.67. The molecule has 11 nitrogen and oxygen atoms in total. The van der Waals surface area contributed by atoms with Crippen molar-refractivity contribution in [1.82, 2.24) is 4.90 Å². The molecule has 1 saturated heterocycles. The molecule has 1 unspecified atom stereocenters. The van der Waals surface area contributed by atoms with Gasteiger partial charge in [-0.3, -0.25) is 9.59 Å². The number of anilines is 1. The number of esters is 1. The Bertz CT molecular complexity index is 1160. The lowest BCUT2D eigenvalue weighted by Crippen LogP contribution is -2.43. The molecule has 12 heteroatoms. The van der Waals surface area contributed by atoms with Crippen LogP contribution in [-0.4, -0.2) is 76.0 Å². The van der Waals surface area contributed by atoms with Gasteiger partial charge in [0, 0.05) is 24.7 Å². The summed E-state index contributed by atoms with van der Waals surface area (Å²) in [6, 6.07) is 5.25. The first kappa shape index (κ1) is 25.1. The minimum Gasteiger partial charge on any atom is -0.493 e. The summed E-state index contributed by atoms with van der Waals surface area (Å²) >= 11 is 0. The van der Waals surface area contributed by atoms with Crippen LogP contribution in [0.25, 0.3) is 0 Å². The van der Waals surface area contributed by atoms with Crippen LogP contribution < -0.4 is 14.8 Å². The number of nitrogens with one attached hydrogen (secondary N) is 1. The number of hydrogen-bond acceptors (Lipinski definition) is 9. The SMILES string of the molecule is CCN(C(=O)COC(=O)c1cc(OC)c(OC)cc1NC(=O)c1ccco1)C1CCS(=O)(=O)C1. The lowest BCUT2D eigenvalue weighted by Gasteiger charge is -2.26. The van der Waals surface area contributed by atoms with E-state index in [0.717, 1.165) is 0 Å². The number of rotatable bonds is 9. The van der Waals surface area contributed by atoms with Gasteiger partial charge in [-0.2, -0.15) is 0 Å². The fraction of sp³-hybridized carbons (Fsp3) is 0.409. The molecule has 1 fully saturated rings. The molecule has 1 aromatic heterocycles. The molecule has 1 aromatic carbocycles. The second-order valence-corrected chi connectivity index (χ2v) is 9.73. The Morgan fingerprint density at radius 3 is 2.44 bits per heavy atom. The van der Waals surface area contributed by atoms with Crippen molar-refractivity contribution in [2.75, 3.05) is 44.2 Å². The summed E-state index contributed by atoms with van der Waals surface area (Å²) < 4.78 is 44.3. The summed E-state index contributed by atoms with van der Waals surface area (Å²) in [7, 11) is -0.404. The minimum absolute atomic E-state index is 0.0194. The van der Waals surface area contributed by atoms with Gasteiger partial charge in [0.15, 0.2) is 33.7 Å². The van der Waals surface area contributed by atoms with Gasteiger partial charge < -0.3 is 28.8 Å². The molecule has 1 N–H and O–H groups in total. The first-order valence-electron chi connectivity index (χ1n) is 10.5. The van der Waals surface area contributed by atoms with E-state index in [1.54, 1.807) is 13.0 Å². The number of furan rings is 1. The largest absolute Gasteiger partial charge is 0.493 e. The summed E-state index contributed by atoms with van der Waals surface area (Å²) in [5.74, 6) is -1.62. The van der Waals surface area contributed by atoms with E-state index in [9.17, 15) is 22.8 Å². The van der Waals surface area contributed by atoms with Gasteiger partial charge in [-0.05, 0) is 25.5 Å². The normalized spacial score (nSPS) is 16.5. The Morgan fingerprint density at radius 2 is 1.88 bits per heavy atom. The Morgan fingerprint density at radius 1 is 1.18 bits per heavy atom. The molecule has 34 heavy (non-hydrogen) atoms. The standard InChI is InChI=1S/C22H26N2O9S/c1-4-24(14-7-9-34(28,29)13-14)20(25)12-33-22(27)15-10-18(30-2)19(31-3)11-16(15)23-21(26)17-6-5-8-32-17/h5-6,8,10-11,14H,4,7,9,12-13H2,1-3H3,(H,23,26). The highest BCUT2D eigenvalue weighted by Gasteiger charge is 2.34. The molecule has 2 heterocycles. The lowest BCUT2D eigenvalue weighted by molar-refractivity contribution is -0.136. The molecule has 3 rings (SSSR count). The van der Waals surface area contributed by atoms with Gasteiger partial charge in [-0.25, -0.2) is 13.2 Å². The Hall–Kier alpha value is -3.54. The van der Waals surface area contributed by atoms with E-state index in [-0.39, 0.29) is 46.6 Å². The third kappa shape index (κ3) is 5.68. The fourth-order valence-corrected chi connectivity index (χ4v) is 5.42. The summed E-state index contributed by atoms with van der Waals surface area (Å²) in [5.41, 5.74) is -0.0115. The number of likely N-dealkylation sites (N-methyl/N-ethyl adjacent to an activating group) is 1. The van der Waals surface area contributed by atoms with Crippen LogP contribution in [0.5, 0.6) is 11.5 Å². The van der Waals surface area contributed by atoms with Gasteiger partial charge >= 0.3 is 5.97 Å². The van der Waals surface area contributed by atoms with Crippen molar-refractivity contribution >= 4 is 33.3 Å². The molecular formula is C22H26N2O9S. The van der Waals surface area contributed by atoms with Crippen LogP contribution in [0.4, 0.5) is 5.69 Å². The molecule has 2 amide bonds. The predicted octanol–water partition coefficient (Wildman–Crippen LogP) is 1.74. The second kappa shape index (κ2) is 10.6. The third-order valence-electron chi connectivity index (χ3n) is 5.37. The van der Waals surface area contributed by atoms with Crippen molar-refractivity contribution in [2.45, 2.75) is 19.4 Å². The van der Waals surface area contributed by atoms with Gasteiger partial charge in [0.2, 0.25) is 0 Å². The first-order valence-corrected chi connectivity index (χ1v) is 12.3. The Kier molecular flexibility index (Phi) is 7.82. The average Bonchev–Trinajstić information content (AvgIpc) is 3.47. The number of carbonyl (C=O) groups excluding carboxylic acids is 3. The van der Waals surface area contributed by atoms with E-state index in [1.165, 1.54) is 43.6 Å². The van der Waals surface area contributed by atoms with Crippen LogP contribution in [0.15, 0.2) is 34.9 Å². The predicted molar refractivity (Wildman–Crippen MR) is 121 cm³/mol. The monoisotopic (exact) mass is 494 g/mol. The quantitative estimate of drug-likeness (QED) is 0.516. The van der Waals surface area contributed by atoms with Crippen molar-refractivity contribution in [3.63, 3.8) is 0 Å². The maximum absolute atomic E-state index is 12.9. The number of ether oxygens (including phenoxy) is 3. The molecule has 1 aliphatic rings. The number of nitrogens with zero attached hydrogens (tertiary/aromatic N) is 1. The van der Waals surface area contributed by atoms with E-state index < -0.39 is 40.3 Å². The van der Waals surface area contributed by atoms with Gasteiger partial charge in [-0.1, -0.05) is 0 Å². The van der Waals surface area contributed by atoms with Crippen LogP contribution in [0.3, 0.4) is 0 Å².